The van der Waals surface area contributed by atoms with Crippen molar-refractivity contribution in [2.45, 2.75) is 32.5 Å². The number of amides is 1. The number of carboxylic acids is 1. The van der Waals surface area contributed by atoms with Gasteiger partial charge >= 0.3 is 12.1 Å². The normalized spacial score (nSPS) is 12.0. The first-order valence-corrected chi connectivity index (χ1v) is 12.9. The van der Waals surface area contributed by atoms with Gasteiger partial charge in [0, 0.05) is 30.4 Å². The van der Waals surface area contributed by atoms with Crippen LogP contribution < -0.4 is 5.32 Å². The van der Waals surface area contributed by atoms with E-state index in [0.29, 0.717) is 18.5 Å². The van der Waals surface area contributed by atoms with Crippen molar-refractivity contribution >= 4 is 43.8 Å². The molecule has 3 heterocycles. The van der Waals surface area contributed by atoms with Crippen LogP contribution in [-0.2, 0) is 21.2 Å². The first kappa shape index (κ1) is 27.7. The van der Waals surface area contributed by atoms with Crippen LogP contribution in [0.3, 0.4) is 0 Å². The number of pyridine rings is 1. The lowest BCUT2D eigenvalue weighted by Crippen LogP contribution is -2.29. The fraction of sp³-hybridized carbons (Fsp3) is 0.292. The van der Waals surface area contributed by atoms with Crippen LogP contribution in [0.1, 0.15) is 35.9 Å². The quantitative estimate of drug-likeness (QED) is 0.383. The minimum Gasteiger partial charge on any atom is -0.475 e. The number of benzene rings is 1. The molecule has 0 aliphatic carbocycles. The average molecular weight is 539 g/mol. The molecule has 0 bridgehead atoms. The summed E-state index contributed by atoms with van der Waals surface area (Å²) in [5, 5.41) is 10.8. The minimum atomic E-state index is -5.08. The molecule has 9 nitrogen and oxygen atoms in total. The maximum absolute atomic E-state index is 13.0. The molecule has 3 aromatic heterocycles. The van der Waals surface area contributed by atoms with Gasteiger partial charge in [-0.05, 0) is 50.1 Å². The molecule has 0 fully saturated rings. The van der Waals surface area contributed by atoms with Crippen LogP contribution >= 0.6 is 0 Å². The molecule has 0 spiro atoms. The largest absolute Gasteiger partial charge is 0.490 e. The molecule has 0 atom stereocenters. The first-order valence-electron chi connectivity index (χ1n) is 11.1. The van der Waals surface area contributed by atoms with Crippen LogP contribution in [0.2, 0.25) is 0 Å². The van der Waals surface area contributed by atoms with E-state index in [1.54, 1.807) is 18.5 Å². The van der Waals surface area contributed by atoms with Crippen LogP contribution in [0, 0.1) is 0 Å². The van der Waals surface area contributed by atoms with Crippen molar-refractivity contribution in [1.29, 1.82) is 0 Å². The third kappa shape index (κ3) is 6.10. The summed E-state index contributed by atoms with van der Waals surface area (Å²) < 4.78 is 60.4. The van der Waals surface area contributed by atoms with Gasteiger partial charge in [0.05, 0.1) is 22.8 Å². The lowest BCUT2D eigenvalue weighted by Gasteiger charge is -2.11. The Morgan fingerprint density at radius 1 is 1.08 bits per heavy atom. The second-order valence-corrected chi connectivity index (χ2v) is 10.3. The predicted octanol–water partition coefficient (Wildman–Crippen LogP) is 3.99. The highest BCUT2D eigenvalue weighted by atomic mass is 32.2. The number of nitrogens with zero attached hydrogens (tertiary/aromatic N) is 3. The maximum Gasteiger partial charge on any atom is 0.490 e. The van der Waals surface area contributed by atoms with E-state index in [9.17, 15) is 26.4 Å². The summed E-state index contributed by atoms with van der Waals surface area (Å²) in [5.41, 5.74) is 3.39. The molecular formula is C24H25F3N4O5S. The number of aromatic nitrogens is 3. The van der Waals surface area contributed by atoms with Gasteiger partial charge in [-0.25, -0.2) is 17.2 Å². The molecule has 13 heteroatoms. The molecule has 0 aliphatic rings. The first-order chi connectivity index (χ1) is 17.2. The molecule has 0 unspecified atom stereocenters. The van der Waals surface area contributed by atoms with E-state index >= 15 is 0 Å². The van der Waals surface area contributed by atoms with E-state index < -0.39 is 28.1 Å². The molecule has 0 saturated carbocycles. The molecule has 1 amide bonds. The smallest absolute Gasteiger partial charge is 0.475 e. The van der Waals surface area contributed by atoms with Crippen LogP contribution in [0.4, 0.5) is 13.2 Å². The average Bonchev–Trinajstić information content (AvgIpc) is 3.34. The van der Waals surface area contributed by atoms with Crippen molar-refractivity contribution in [1.82, 2.24) is 18.8 Å². The summed E-state index contributed by atoms with van der Waals surface area (Å²) in [6.45, 7) is 4.48. The second kappa shape index (κ2) is 10.6. The third-order valence-electron chi connectivity index (χ3n) is 5.39. The molecule has 198 valence electrons. The standard InChI is InChI=1S/C22H24N4O3S.C2HF3O2/c1-15(2)25-18-7-5-4-6-17(18)21-19(25)14-20(26(21)30(3,28)29)22(27)24-13-10-16-8-11-23-12-9-16;3-2(4,5)1(6)7/h4-9,11-12,14-15H,10,13H2,1-3H3,(H,24,27);(H,6,7). The molecule has 1 aromatic carbocycles. The number of fused-ring (bicyclic) bond motifs is 3. The molecular weight excluding hydrogens is 513 g/mol. The number of halogens is 3. The van der Waals surface area contributed by atoms with E-state index in [-0.39, 0.29) is 11.7 Å². The zero-order valence-electron chi connectivity index (χ0n) is 20.2. The SMILES string of the molecule is CC(C)n1c2ccccc2c2c1cc(C(=O)NCCc1ccncc1)n2S(C)(=O)=O.O=C(O)C(F)(F)F. The lowest BCUT2D eigenvalue weighted by atomic mass is 10.2. The van der Waals surface area contributed by atoms with Gasteiger partial charge < -0.3 is 15.0 Å². The Morgan fingerprint density at radius 2 is 1.68 bits per heavy atom. The number of carbonyl (C=O) groups is 2. The second-order valence-electron chi connectivity index (χ2n) is 8.44. The number of carbonyl (C=O) groups excluding carboxylic acids is 1. The van der Waals surface area contributed by atoms with E-state index in [1.807, 2.05) is 50.2 Å². The van der Waals surface area contributed by atoms with Crippen molar-refractivity contribution in [3.05, 3.63) is 66.1 Å². The summed E-state index contributed by atoms with van der Waals surface area (Å²) >= 11 is 0. The van der Waals surface area contributed by atoms with Crippen LogP contribution in [0.5, 0.6) is 0 Å². The third-order valence-corrected chi connectivity index (χ3v) is 6.43. The van der Waals surface area contributed by atoms with Crippen molar-refractivity contribution in [2.24, 2.45) is 0 Å². The van der Waals surface area contributed by atoms with Gasteiger partial charge in [0.1, 0.15) is 5.69 Å². The molecule has 37 heavy (non-hydrogen) atoms. The van der Waals surface area contributed by atoms with Gasteiger partial charge in [-0.2, -0.15) is 13.2 Å². The van der Waals surface area contributed by atoms with Crippen molar-refractivity contribution in [3.63, 3.8) is 0 Å². The molecule has 0 radical (unpaired) electrons. The summed E-state index contributed by atoms with van der Waals surface area (Å²) in [7, 11) is -3.71. The minimum absolute atomic E-state index is 0.102. The Labute approximate surface area is 210 Å². The molecule has 2 N–H and O–H groups in total. The molecule has 0 saturated heterocycles. The van der Waals surface area contributed by atoms with Gasteiger partial charge in [-0.1, -0.05) is 18.2 Å². The number of hydrogen-bond donors (Lipinski definition) is 2. The Kier molecular flexibility index (Phi) is 7.96. The zero-order chi connectivity index (χ0) is 27.5. The maximum atomic E-state index is 13.0. The number of nitrogens with one attached hydrogen (secondary N) is 1. The number of aliphatic carboxylic acids is 1. The molecule has 0 aliphatic heterocycles. The van der Waals surface area contributed by atoms with E-state index in [1.165, 1.54) is 3.97 Å². The summed E-state index contributed by atoms with van der Waals surface area (Å²) in [5.74, 6) is -3.17. The van der Waals surface area contributed by atoms with Gasteiger partial charge in [0.15, 0.2) is 0 Å². The summed E-state index contributed by atoms with van der Waals surface area (Å²) in [6, 6.07) is 13.2. The van der Waals surface area contributed by atoms with Crippen molar-refractivity contribution in [2.75, 3.05) is 12.8 Å². The Hall–Kier alpha value is -3.87. The number of rotatable bonds is 6. The fourth-order valence-electron chi connectivity index (χ4n) is 3.94. The summed E-state index contributed by atoms with van der Waals surface area (Å²) in [6.07, 6.45) is 0.0825. The Balaban J connectivity index is 0.000000479. The number of para-hydroxylation sites is 1. The lowest BCUT2D eigenvalue weighted by molar-refractivity contribution is -0.192. The van der Waals surface area contributed by atoms with E-state index in [4.69, 9.17) is 9.90 Å². The van der Waals surface area contributed by atoms with Crippen molar-refractivity contribution < 1.29 is 36.3 Å². The van der Waals surface area contributed by atoms with Crippen LogP contribution in [0.15, 0.2) is 54.9 Å². The van der Waals surface area contributed by atoms with E-state index in [0.717, 1.165) is 28.2 Å². The number of carboxylic acid groups (broad SMARTS) is 1. The molecule has 4 rings (SSSR count). The Bertz CT molecular complexity index is 1540. The summed E-state index contributed by atoms with van der Waals surface area (Å²) in [4.78, 5) is 25.8. The highest BCUT2D eigenvalue weighted by Gasteiger charge is 2.38. The van der Waals surface area contributed by atoms with Crippen LogP contribution in [-0.4, -0.2) is 57.9 Å². The number of hydrogen-bond acceptors (Lipinski definition) is 5. The van der Waals surface area contributed by atoms with Gasteiger partial charge in [-0.15, -0.1) is 0 Å². The highest BCUT2D eigenvalue weighted by molar-refractivity contribution is 7.89. The van der Waals surface area contributed by atoms with Crippen molar-refractivity contribution in [3.8, 4) is 0 Å². The van der Waals surface area contributed by atoms with Gasteiger partial charge in [-0.3, -0.25) is 9.78 Å². The number of alkyl halides is 3. The molecule has 4 aromatic rings. The monoisotopic (exact) mass is 538 g/mol. The van der Waals surface area contributed by atoms with Crippen LogP contribution in [0.25, 0.3) is 21.9 Å². The topological polar surface area (TPSA) is 123 Å². The van der Waals surface area contributed by atoms with Gasteiger partial charge in [0.25, 0.3) is 5.91 Å². The highest BCUT2D eigenvalue weighted by Crippen LogP contribution is 2.35. The predicted molar refractivity (Wildman–Crippen MR) is 132 cm³/mol. The fourth-order valence-corrected chi connectivity index (χ4v) is 4.96. The Morgan fingerprint density at radius 3 is 2.22 bits per heavy atom. The zero-order valence-corrected chi connectivity index (χ0v) is 21.0. The van der Waals surface area contributed by atoms with E-state index in [2.05, 4.69) is 14.9 Å². The van der Waals surface area contributed by atoms with Gasteiger partial charge in [0.2, 0.25) is 10.0 Å².